The minimum atomic E-state index is -0.522. The number of ether oxygens (including phenoxy) is 1. The Morgan fingerprint density at radius 1 is 1.12 bits per heavy atom. The van der Waals surface area contributed by atoms with Crippen molar-refractivity contribution in [2.24, 2.45) is 0 Å². The predicted molar refractivity (Wildman–Crippen MR) is 129 cm³/mol. The van der Waals surface area contributed by atoms with Crippen LogP contribution in [0.15, 0.2) is 54.7 Å². The molecular weight excluding hydrogens is 440 g/mol. The zero-order valence-corrected chi connectivity index (χ0v) is 19.4. The normalized spacial score (nSPS) is 11.5. The highest BCUT2D eigenvalue weighted by Gasteiger charge is 2.18. The number of hydrogen-bond donors (Lipinski definition) is 2. The fourth-order valence-electron chi connectivity index (χ4n) is 3.40. The summed E-state index contributed by atoms with van der Waals surface area (Å²) in [6.07, 6.45) is 1.88. The quantitative estimate of drug-likeness (QED) is 0.411. The van der Waals surface area contributed by atoms with E-state index in [0.29, 0.717) is 46.5 Å². The van der Waals surface area contributed by atoms with Crippen molar-refractivity contribution in [1.82, 2.24) is 24.8 Å². The van der Waals surface area contributed by atoms with Crippen LogP contribution < -0.4 is 11.1 Å². The van der Waals surface area contributed by atoms with Gasteiger partial charge < -0.3 is 15.8 Å². The molecule has 0 spiro atoms. The summed E-state index contributed by atoms with van der Waals surface area (Å²) in [7, 11) is 0. The standard InChI is InChI=1S/C24H25ClN6O2/c1-24(2,3)33-23(32)28-14-12-15-6-8-16(9-7-15)31-21(17-5-4-13-27-20(17)26)29-18-10-11-19(25)30-22(18)31/h4-11,13H,12,14H2,1-3H3,(H2,26,27)(H,28,32). The second-order valence-electron chi connectivity index (χ2n) is 8.53. The van der Waals surface area contributed by atoms with Gasteiger partial charge in [0.1, 0.15) is 22.1 Å². The topological polar surface area (TPSA) is 108 Å². The fourth-order valence-corrected chi connectivity index (χ4v) is 3.54. The van der Waals surface area contributed by atoms with Crippen molar-refractivity contribution in [3.05, 3.63) is 65.4 Å². The Morgan fingerprint density at radius 3 is 2.58 bits per heavy atom. The largest absolute Gasteiger partial charge is 0.444 e. The van der Waals surface area contributed by atoms with E-state index in [1.807, 2.05) is 67.8 Å². The van der Waals surface area contributed by atoms with Crippen molar-refractivity contribution in [1.29, 1.82) is 0 Å². The Kier molecular flexibility index (Phi) is 6.20. The zero-order chi connectivity index (χ0) is 23.6. The third-order valence-corrected chi connectivity index (χ3v) is 5.04. The second kappa shape index (κ2) is 9.07. The number of rotatable bonds is 5. The van der Waals surface area contributed by atoms with Crippen molar-refractivity contribution in [2.75, 3.05) is 12.3 Å². The smallest absolute Gasteiger partial charge is 0.407 e. The number of nitrogens with two attached hydrogens (primary N) is 1. The van der Waals surface area contributed by atoms with Crippen molar-refractivity contribution < 1.29 is 9.53 Å². The Balaban J connectivity index is 1.61. The number of benzene rings is 1. The first-order chi connectivity index (χ1) is 15.7. The van der Waals surface area contributed by atoms with E-state index in [-0.39, 0.29) is 0 Å². The number of imidazole rings is 1. The summed E-state index contributed by atoms with van der Waals surface area (Å²) >= 11 is 6.18. The highest BCUT2D eigenvalue weighted by molar-refractivity contribution is 6.29. The molecule has 0 saturated carbocycles. The average Bonchev–Trinajstić information content (AvgIpc) is 3.11. The van der Waals surface area contributed by atoms with Crippen LogP contribution in [0, 0.1) is 0 Å². The number of carbonyl (C=O) groups excluding carboxylic acids is 1. The van der Waals surface area contributed by atoms with Crippen LogP contribution in [-0.2, 0) is 11.2 Å². The van der Waals surface area contributed by atoms with Gasteiger partial charge in [-0.15, -0.1) is 0 Å². The summed E-state index contributed by atoms with van der Waals surface area (Å²) < 4.78 is 7.18. The minimum Gasteiger partial charge on any atom is -0.444 e. The molecule has 3 aromatic heterocycles. The molecule has 0 atom stereocenters. The summed E-state index contributed by atoms with van der Waals surface area (Å²) in [6, 6.07) is 15.2. The number of pyridine rings is 2. The minimum absolute atomic E-state index is 0.374. The molecule has 1 aromatic carbocycles. The molecule has 170 valence electrons. The number of alkyl carbamates (subject to hydrolysis) is 1. The number of carbonyl (C=O) groups is 1. The Bertz CT molecular complexity index is 1290. The van der Waals surface area contributed by atoms with Crippen molar-refractivity contribution in [3.8, 4) is 17.1 Å². The maximum atomic E-state index is 11.8. The average molecular weight is 465 g/mol. The first-order valence-electron chi connectivity index (χ1n) is 10.5. The van der Waals surface area contributed by atoms with Gasteiger partial charge in [-0.1, -0.05) is 23.7 Å². The lowest BCUT2D eigenvalue weighted by atomic mass is 10.1. The summed E-state index contributed by atoms with van der Waals surface area (Å²) in [4.78, 5) is 25.3. The number of anilines is 1. The third kappa shape index (κ3) is 5.23. The van der Waals surface area contributed by atoms with Gasteiger partial charge >= 0.3 is 6.09 Å². The lowest BCUT2D eigenvalue weighted by Gasteiger charge is -2.19. The number of aromatic nitrogens is 4. The number of amides is 1. The van der Waals surface area contributed by atoms with E-state index < -0.39 is 11.7 Å². The number of fused-ring (bicyclic) bond motifs is 1. The van der Waals surface area contributed by atoms with E-state index in [0.717, 1.165) is 11.3 Å². The molecule has 8 nitrogen and oxygen atoms in total. The molecule has 0 bridgehead atoms. The molecular formula is C24H25ClN6O2. The van der Waals surface area contributed by atoms with Crippen LogP contribution in [0.1, 0.15) is 26.3 Å². The maximum absolute atomic E-state index is 11.8. The molecule has 0 radical (unpaired) electrons. The fraction of sp³-hybridized carbons (Fsp3) is 0.250. The monoisotopic (exact) mass is 464 g/mol. The molecule has 3 N–H and O–H groups in total. The van der Waals surface area contributed by atoms with Gasteiger partial charge in [-0.3, -0.25) is 4.57 Å². The molecule has 33 heavy (non-hydrogen) atoms. The van der Waals surface area contributed by atoms with Crippen LogP contribution in [0.25, 0.3) is 28.2 Å². The van der Waals surface area contributed by atoms with Crippen LogP contribution in [-0.4, -0.2) is 37.8 Å². The molecule has 9 heteroatoms. The molecule has 0 aliphatic heterocycles. The molecule has 1 amide bonds. The lowest BCUT2D eigenvalue weighted by Crippen LogP contribution is -2.33. The number of halogens is 1. The van der Waals surface area contributed by atoms with Crippen LogP contribution in [0.2, 0.25) is 5.15 Å². The first kappa shape index (κ1) is 22.5. The van der Waals surface area contributed by atoms with Crippen LogP contribution in [0.5, 0.6) is 0 Å². The van der Waals surface area contributed by atoms with E-state index >= 15 is 0 Å². The molecule has 0 unspecified atom stereocenters. The SMILES string of the molecule is CC(C)(C)OC(=O)NCCc1ccc(-n2c(-c3cccnc3N)nc3ccc(Cl)nc32)cc1. The molecule has 4 aromatic rings. The highest BCUT2D eigenvalue weighted by Crippen LogP contribution is 2.30. The van der Waals surface area contributed by atoms with Gasteiger partial charge in [-0.2, -0.15) is 0 Å². The molecule has 0 fully saturated rings. The predicted octanol–water partition coefficient (Wildman–Crippen LogP) is 4.79. The van der Waals surface area contributed by atoms with Gasteiger partial charge in [0.2, 0.25) is 0 Å². The summed E-state index contributed by atoms with van der Waals surface area (Å²) in [5.41, 5.74) is 9.56. The van der Waals surface area contributed by atoms with Gasteiger partial charge in [0.25, 0.3) is 0 Å². The van der Waals surface area contributed by atoms with Crippen LogP contribution in [0.4, 0.5) is 10.6 Å². The van der Waals surface area contributed by atoms with Crippen molar-refractivity contribution in [2.45, 2.75) is 32.8 Å². The number of hydrogen-bond acceptors (Lipinski definition) is 6. The van der Waals surface area contributed by atoms with Gasteiger partial charge in [-0.05, 0) is 69.2 Å². The van der Waals surface area contributed by atoms with Crippen LogP contribution in [0.3, 0.4) is 0 Å². The van der Waals surface area contributed by atoms with E-state index in [4.69, 9.17) is 27.1 Å². The van der Waals surface area contributed by atoms with E-state index in [1.54, 1.807) is 12.3 Å². The first-order valence-corrected chi connectivity index (χ1v) is 10.9. The Morgan fingerprint density at radius 2 is 1.88 bits per heavy atom. The summed E-state index contributed by atoms with van der Waals surface area (Å²) in [5, 5.41) is 3.15. The van der Waals surface area contributed by atoms with E-state index in [9.17, 15) is 4.79 Å². The summed E-state index contributed by atoms with van der Waals surface area (Å²) in [5.74, 6) is 1.01. The zero-order valence-electron chi connectivity index (χ0n) is 18.7. The second-order valence-corrected chi connectivity index (χ2v) is 8.92. The molecule has 0 saturated heterocycles. The third-order valence-electron chi connectivity index (χ3n) is 4.83. The van der Waals surface area contributed by atoms with E-state index in [1.165, 1.54) is 0 Å². The van der Waals surface area contributed by atoms with Crippen LogP contribution >= 0.6 is 11.6 Å². The van der Waals surface area contributed by atoms with Gasteiger partial charge in [0.15, 0.2) is 11.5 Å². The molecule has 3 heterocycles. The highest BCUT2D eigenvalue weighted by atomic mass is 35.5. The lowest BCUT2D eigenvalue weighted by molar-refractivity contribution is 0.0528. The number of nitrogens with one attached hydrogen (secondary N) is 1. The number of nitrogen functional groups attached to an aromatic ring is 1. The number of nitrogens with zero attached hydrogens (tertiary/aromatic N) is 4. The van der Waals surface area contributed by atoms with Crippen molar-refractivity contribution >= 4 is 34.7 Å². The molecule has 0 aliphatic carbocycles. The van der Waals surface area contributed by atoms with Gasteiger partial charge in [0.05, 0.1) is 5.56 Å². The van der Waals surface area contributed by atoms with Gasteiger partial charge in [-0.25, -0.2) is 19.7 Å². The van der Waals surface area contributed by atoms with Gasteiger partial charge in [0, 0.05) is 18.4 Å². The summed E-state index contributed by atoms with van der Waals surface area (Å²) in [6.45, 7) is 5.97. The maximum Gasteiger partial charge on any atom is 0.407 e. The van der Waals surface area contributed by atoms with Crippen molar-refractivity contribution in [3.63, 3.8) is 0 Å². The Labute approximate surface area is 196 Å². The van der Waals surface area contributed by atoms with E-state index in [2.05, 4.69) is 15.3 Å². The molecule has 4 rings (SSSR count). The Hall–Kier alpha value is -3.65. The molecule has 0 aliphatic rings.